The maximum absolute atomic E-state index is 12.2. The lowest BCUT2D eigenvalue weighted by Gasteiger charge is -2.15. The third-order valence-corrected chi connectivity index (χ3v) is 3.49. The quantitative estimate of drug-likeness (QED) is 0.889. The van der Waals surface area contributed by atoms with Gasteiger partial charge in [-0.25, -0.2) is 4.79 Å². The van der Waals surface area contributed by atoms with Crippen LogP contribution in [0, 0.1) is 0 Å². The van der Waals surface area contributed by atoms with Crippen LogP contribution in [-0.2, 0) is 4.79 Å². The monoisotopic (exact) mass is 297 g/mol. The molecule has 1 atom stereocenters. The van der Waals surface area contributed by atoms with Crippen LogP contribution in [0.1, 0.15) is 47.3 Å². The number of carbonyl (C=O) groups excluding carboxylic acids is 1. The van der Waals surface area contributed by atoms with Gasteiger partial charge in [0.15, 0.2) is 6.04 Å². The van der Waals surface area contributed by atoms with E-state index in [1.54, 1.807) is 42.5 Å². The number of carbonyl (C=O) groups is 2. The molecule has 4 nitrogen and oxygen atoms in total. The highest BCUT2D eigenvalue weighted by Crippen LogP contribution is 2.17. The topological polar surface area (TPSA) is 66.4 Å². The summed E-state index contributed by atoms with van der Waals surface area (Å²) in [6.07, 6.45) is 0. The summed E-state index contributed by atoms with van der Waals surface area (Å²) in [7, 11) is 0. The first-order valence-electron chi connectivity index (χ1n) is 7.17. The molecule has 2 aromatic carbocycles. The van der Waals surface area contributed by atoms with Gasteiger partial charge >= 0.3 is 5.97 Å². The van der Waals surface area contributed by atoms with Crippen molar-refractivity contribution in [3.8, 4) is 0 Å². The molecule has 2 aromatic rings. The molecule has 2 rings (SSSR count). The number of benzene rings is 2. The molecule has 0 aliphatic heterocycles. The molecular weight excluding hydrogens is 278 g/mol. The molecule has 0 aliphatic rings. The molecule has 0 saturated heterocycles. The first-order valence-corrected chi connectivity index (χ1v) is 7.17. The Hall–Kier alpha value is -2.62. The average molecular weight is 297 g/mol. The lowest BCUT2D eigenvalue weighted by Crippen LogP contribution is -2.33. The molecule has 22 heavy (non-hydrogen) atoms. The van der Waals surface area contributed by atoms with Gasteiger partial charge in [-0.05, 0) is 29.2 Å². The first-order chi connectivity index (χ1) is 10.5. The van der Waals surface area contributed by atoms with Crippen LogP contribution in [0.3, 0.4) is 0 Å². The van der Waals surface area contributed by atoms with Crippen LogP contribution in [0.4, 0.5) is 0 Å². The van der Waals surface area contributed by atoms with Gasteiger partial charge in [0.05, 0.1) is 0 Å². The second-order valence-electron chi connectivity index (χ2n) is 5.43. The molecule has 0 fully saturated rings. The van der Waals surface area contributed by atoms with Crippen molar-refractivity contribution in [3.63, 3.8) is 0 Å². The van der Waals surface area contributed by atoms with Crippen molar-refractivity contribution in [3.05, 3.63) is 71.3 Å². The van der Waals surface area contributed by atoms with Crippen molar-refractivity contribution >= 4 is 11.9 Å². The Kier molecular flexibility index (Phi) is 4.94. The number of carboxylic acid groups (broad SMARTS) is 1. The van der Waals surface area contributed by atoms with Crippen LogP contribution in [0.15, 0.2) is 54.6 Å². The van der Waals surface area contributed by atoms with E-state index in [1.165, 1.54) is 0 Å². The summed E-state index contributed by atoms with van der Waals surface area (Å²) in [5.74, 6) is -1.10. The molecule has 2 N–H and O–H groups in total. The Morgan fingerprint density at radius 1 is 0.909 bits per heavy atom. The summed E-state index contributed by atoms with van der Waals surface area (Å²) in [6, 6.07) is 14.8. The molecule has 4 heteroatoms. The van der Waals surface area contributed by atoms with E-state index in [-0.39, 0.29) is 0 Å². The number of carboxylic acids is 1. The van der Waals surface area contributed by atoms with Crippen LogP contribution < -0.4 is 5.32 Å². The molecule has 1 amide bonds. The van der Waals surface area contributed by atoms with E-state index >= 15 is 0 Å². The highest BCUT2D eigenvalue weighted by molar-refractivity contribution is 5.96. The molecular formula is C18H19NO3. The average Bonchev–Trinajstić information content (AvgIpc) is 2.53. The zero-order chi connectivity index (χ0) is 16.1. The Balaban J connectivity index is 2.16. The minimum Gasteiger partial charge on any atom is -0.479 e. The fourth-order valence-corrected chi connectivity index (χ4v) is 2.17. The number of rotatable bonds is 5. The fraction of sp³-hybridized carbons (Fsp3) is 0.222. The second kappa shape index (κ2) is 6.89. The lowest BCUT2D eigenvalue weighted by molar-refractivity contribution is -0.139. The summed E-state index contributed by atoms with van der Waals surface area (Å²) in [5, 5.41) is 11.9. The third kappa shape index (κ3) is 3.73. The maximum atomic E-state index is 12.2. The van der Waals surface area contributed by atoms with Crippen LogP contribution in [0.5, 0.6) is 0 Å². The van der Waals surface area contributed by atoms with Crippen molar-refractivity contribution in [2.45, 2.75) is 25.8 Å². The van der Waals surface area contributed by atoms with E-state index in [1.807, 2.05) is 12.1 Å². The molecule has 1 unspecified atom stereocenters. The van der Waals surface area contributed by atoms with Gasteiger partial charge in [0.1, 0.15) is 0 Å². The molecule has 0 aliphatic carbocycles. The summed E-state index contributed by atoms with van der Waals surface area (Å²) >= 11 is 0. The Bertz CT molecular complexity index is 648. The number of nitrogens with one attached hydrogen (secondary N) is 1. The van der Waals surface area contributed by atoms with E-state index < -0.39 is 17.9 Å². The van der Waals surface area contributed by atoms with Crippen LogP contribution in [0.25, 0.3) is 0 Å². The Labute approximate surface area is 129 Å². The van der Waals surface area contributed by atoms with Crippen molar-refractivity contribution in [1.29, 1.82) is 0 Å². The molecule has 0 aromatic heterocycles. The fourth-order valence-electron chi connectivity index (χ4n) is 2.17. The zero-order valence-electron chi connectivity index (χ0n) is 12.6. The number of hydrogen-bond donors (Lipinski definition) is 2. The van der Waals surface area contributed by atoms with Crippen molar-refractivity contribution in [1.82, 2.24) is 5.32 Å². The molecule has 0 saturated carbocycles. The molecule has 0 spiro atoms. The van der Waals surface area contributed by atoms with Gasteiger partial charge in [-0.1, -0.05) is 56.3 Å². The summed E-state index contributed by atoms with van der Waals surface area (Å²) in [6.45, 7) is 4.15. The zero-order valence-corrected chi connectivity index (χ0v) is 12.6. The molecule has 0 radical (unpaired) electrons. The minimum atomic E-state index is -1.08. The number of amides is 1. The SMILES string of the molecule is CC(C)c1ccc(C(=O)NC(C(=O)O)c2ccccc2)cc1. The lowest BCUT2D eigenvalue weighted by atomic mass is 10.0. The van der Waals surface area contributed by atoms with E-state index in [0.29, 0.717) is 17.0 Å². The van der Waals surface area contributed by atoms with E-state index in [2.05, 4.69) is 19.2 Å². The van der Waals surface area contributed by atoms with Gasteiger partial charge < -0.3 is 10.4 Å². The Morgan fingerprint density at radius 3 is 2.00 bits per heavy atom. The summed E-state index contributed by atoms with van der Waals surface area (Å²) in [5.41, 5.74) is 2.13. The van der Waals surface area contributed by atoms with Gasteiger partial charge in [-0.15, -0.1) is 0 Å². The summed E-state index contributed by atoms with van der Waals surface area (Å²) < 4.78 is 0. The second-order valence-corrected chi connectivity index (χ2v) is 5.43. The van der Waals surface area contributed by atoms with Crippen molar-refractivity contribution in [2.24, 2.45) is 0 Å². The highest BCUT2D eigenvalue weighted by atomic mass is 16.4. The third-order valence-electron chi connectivity index (χ3n) is 3.49. The first kappa shape index (κ1) is 15.8. The van der Waals surface area contributed by atoms with Crippen LogP contribution in [-0.4, -0.2) is 17.0 Å². The Morgan fingerprint density at radius 2 is 1.50 bits per heavy atom. The predicted molar refractivity (Wildman–Crippen MR) is 84.8 cm³/mol. The van der Waals surface area contributed by atoms with Gasteiger partial charge in [-0.2, -0.15) is 0 Å². The number of hydrogen-bond acceptors (Lipinski definition) is 2. The van der Waals surface area contributed by atoms with Crippen LogP contribution >= 0.6 is 0 Å². The normalized spacial score (nSPS) is 12.0. The standard InChI is InChI=1S/C18H19NO3/c1-12(2)13-8-10-15(11-9-13)17(20)19-16(18(21)22)14-6-4-3-5-7-14/h3-12,16H,1-2H3,(H,19,20)(H,21,22). The van der Waals surface area contributed by atoms with E-state index in [0.717, 1.165) is 5.56 Å². The summed E-state index contributed by atoms with van der Waals surface area (Å²) in [4.78, 5) is 23.6. The van der Waals surface area contributed by atoms with Gasteiger partial charge in [0.2, 0.25) is 0 Å². The smallest absolute Gasteiger partial charge is 0.330 e. The van der Waals surface area contributed by atoms with E-state index in [9.17, 15) is 14.7 Å². The van der Waals surface area contributed by atoms with Crippen molar-refractivity contribution in [2.75, 3.05) is 0 Å². The largest absolute Gasteiger partial charge is 0.479 e. The minimum absolute atomic E-state index is 0.383. The highest BCUT2D eigenvalue weighted by Gasteiger charge is 2.22. The molecule has 0 bridgehead atoms. The molecule has 114 valence electrons. The molecule has 0 heterocycles. The predicted octanol–water partition coefficient (Wildman–Crippen LogP) is 3.37. The number of aliphatic carboxylic acids is 1. The van der Waals surface area contributed by atoms with Gasteiger partial charge in [0.25, 0.3) is 5.91 Å². The van der Waals surface area contributed by atoms with E-state index in [4.69, 9.17) is 0 Å². The van der Waals surface area contributed by atoms with Crippen LogP contribution in [0.2, 0.25) is 0 Å². The van der Waals surface area contributed by atoms with Crippen molar-refractivity contribution < 1.29 is 14.7 Å². The van der Waals surface area contributed by atoms with Gasteiger partial charge in [-0.3, -0.25) is 4.79 Å². The maximum Gasteiger partial charge on any atom is 0.330 e. The van der Waals surface area contributed by atoms with Gasteiger partial charge in [0, 0.05) is 5.56 Å².